The first kappa shape index (κ1) is 16.1. The van der Waals surface area contributed by atoms with Crippen LogP contribution in [0.2, 0.25) is 0 Å². The van der Waals surface area contributed by atoms with Crippen LogP contribution < -0.4 is 9.47 Å². The second kappa shape index (κ2) is 6.13. The lowest BCUT2D eigenvalue weighted by molar-refractivity contribution is -0.287. The molecule has 1 N–H and O–H groups in total. The van der Waals surface area contributed by atoms with Gasteiger partial charge >= 0.3 is 6.29 Å². The predicted molar refractivity (Wildman–Crippen MR) is 81.0 cm³/mol. The first-order valence-electron chi connectivity index (χ1n) is 8.41. The Morgan fingerprint density at radius 2 is 2.12 bits per heavy atom. The molecule has 0 amide bonds. The standard InChI is InChI=1S/C17H21F2NO4/c18-17(19)23-15-6-1-3-11(16(15)24-17)9-20-7-8-22-10-13(20)12-4-2-5-14(12)21/h1,3,6,12-14,21H,2,4-5,7-10H2. The highest BCUT2D eigenvalue weighted by molar-refractivity contribution is 5.48. The fraction of sp³-hybridized carbons (Fsp3) is 0.647. The van der Waals surface area contributed by atoms with Gasteiger partial charge < -0.3 is 19.3 Å². The molecule has 1 saturated heterocycles. The molecule has 1 aliphatic carbocycles. The van der Waals surface area contributed by atoms with Gasteiger partial charge in [0.15, 0.2) is 11.5 Å². The minimum atomic E-state index is -3.61. The van der Waals surface area contributed by atoms with E-state index in [9.17, 15) is 13.9 Å². The lowest BCUT2D eigenvalue weighted by atomic mass is 9.94. The Balaban J connectivity index is 1.55. The van der Waals surface area contributed by atoms with Gasteiger partial charge in [0, 0.05) is 30.6 Å². The van der Waals surface area contributed by atoms with Crippen LogP contribution in [-0.2, 0) is 11.3 Å². The predicted octanol–water partition coefficient (Wildman–Crippen LogP) is 2.37. The normalized spacial score (nSPS) is 32.2. The monoisotopic (exact) mass is 341 g/mol. The molecule has 1 saturated carbocycles. The maximum absolute atomic E-state index is 13.4. The molecule has 24 heavy (non-hydrogen) atoms. The molecule has 2 fully saturated rings. The summed E-state index contributed by atoms with van der Waals surface area (Å²) in [7, 11) is 0. The number of fused-ring (bicyclic) bond motifs is 1. The van der Waals surface area contributed by atoms with Crippen LogP contribution in [0.4, 0.5) is 8.78 Å². The van der Waals surface area contributed by atoms with Crippen LogP contribution in [0.1, 0.15) is 24.8 Å². The Bertz CT molecular complexity index is 612. The molecule has 5 nitrogen and oxygen atoms in total. The van der Waals surface area contributed by atoms with Crippen LogP contribution >= 0.6 is 0 Å². The lowest BCUT2D eigenvalue weighted by Crippen LogP contribution is -2.50. The zero-order valence-corrected chi connectivity index (χ0v) is 13.3. The van der Waals surface area contributed by atoms with Crippen molar-refractivity contribution in [2.75, 3.05) is 19.8 Å². The molecule has 3 atom stereocenters. The smallest absolute Gasteiger partial charge is 0.395 e. The number of nitrogens with zero attached hydrogens (tertiary/aromatic N) is 1. The van der Waals surface area contributed by atoms with Crippen molar-refractivity contribution in [2.24, 2.45) is 5.92 Å². The minimum absolute atomic E-state index is 0.0724. The van der Waals surface area contributed by atoms with E-state index in [1.165, 1.54) is 6.07 Å². The maximum Gasteiger partial charge on any atom is 0.586 e. The van der Waals surface area contributed by atoms with Crippen LogP contribution in [0.25, 0.3) is 0 Å². The molecule has 132 valence electrons. The van der Waals surface area contributed by atoms with Gasteiger partial charge in [0.1, 0.15) is 0 Å². The number of hydrogen-bond acceptors (Lipinski definition) is 5. The van der Waals surface area contributed by atoms with Gasteiger partial charge in [-0.25, -0.2) is 0 Å². The summed E-state index contributed by atoms with van der Waals surface area (Å²) in [5.74, 6) is 0.351. The van der Waals surface area contributed by atoms with Crippen LogP contribution in [-0.4, -0.2) is 48.2 Å². The van der Waals surface area contributed by atoms with Gasteiger partial charge in [-0.1, -0.05) is 18.6 Å². The fourth-order valence-electron chi connectivity index (χ4n) is 4.03. The molecule has 3 unspecified atom stereocenters. The molecule has 0 aromatic heterocycles. The zero-order chi connectivity index (χ0) is 16.7. The quantitative estimate of drug-likeness (QED) is 0.915. The first-order chi connectivity index (χ1) is 11.5. The fourth-order valence-corrected chi connectivity index (χ4v) is 4.03. The molecule has 2 aliphatic heterocycles. The second-order valence-corrected chi connectivity index (χ2v) is 6.69. The highest BCUT2D eigenvalue weighted by atomic mass is 19.3. The van der Waals surface area contributed by atoms with E-state index in [-0.39, 0.29) is 29.6 Å². The van der Waals surface area contributed by atoms with Crippen molar-refractivity contribution in [2.45, 2.75) is 44.2 Å². The highest BCUT2D eigenvalue weighted by Crippen LogP contribution is 2.44. The van der Waals surface area contributed by atoms with Crippen LogP contribution in [0.5, 0.6) is 11.5 Å². The van der Waals surface area contributed by atoms with Crippen molar-refractivity contribution in [1.82, 2.24) is 4.90 Å². The Labute approximate surface area is 139 Å². The first-order valence-corrected chi connectivity index (χ1v) is 8.41. The lowest BCUT2D eigenvalue weighted by Gasteiger charge is -2.40. The van der Waals surface area contributed by atoms with Crippen molar-refractivity contribution >= 4 is 0 Å². The Hall–Kier alpha value is -1.44. The van der Waals surface area contributed by atoms with E-state index in [1.54, 1.807) is 12.1 Å². The number of ether oxygens (including phenoxy) is 3. The van der Waals surface area contributed by atoms with E-state index in [4.69, 9.17) is 4.74 Å². The largest absolute Gasteiger partial charge is 0.586 e. The number of aliphatic hydroxyl groups excluding tert-OH is 1. The van der Waals surface area contributed by atoms with Crippen LogP contribution in [0, 0.1) is 5.92 Å². The van der Waals surface area contributed by atoms with Gasteiger partial charge in [-0.05, 0) is 18.9 Å². The molecule has 7 heteroatoms. The average molecular weight is 341 g/mol. The summed E-state index contributed by atoms with van der Waals surface area (Å²) in [6.45, 7) is 2.33. The third kappa shape index (κ3) is 2.96. The van der Waals surface area contributed by atoms with E-state index in [2.05, 4.69) is 14.4 Å². The molecule has 2 heterocycles. The zero-order valence-electron chi connectivity index (χ0n) is 13.3. The van der Waals surface area contributed by atoms with E-state index >= 15 is 0 Å². The molecule has 0 bridgehead atoms. The third-order valence-electron chi connectivity index (χ3n) is 5.19. The molecular weight excluding hydrogens is 320 g/mol. The van der Waals surface area contributed by atoms with E-state index in [1.807, 2.05) is 0 Å². The summed E-state index contributed by atoms with van der Waals surface area (Å²) in [6, 6.07) is 5.05. The van der Waals surface area contributed by atoms with Crippen molar-refractivity contribution < 1.29 is 28.1 Å². The van der Waals surface area contributed by atoms with Gasteiger partial charge in [0.25, 0.3) is 0 Å². The molecule has 4 rings (SSSR count). The molecule has 0 spiro atoms. The number of hydrogen-bond donors (Lipinski definition) is 1. The number of para-hydroxylation sites is 1. The number of morpholine rings is 1. The average Bonchev–Trinajstić information content (AvgIpc) is 3.10. The molecular formula is C17H21F2NO4. The van der Waals surface area contributed by atoms with Gasteiger partial charge in [-0.3, -0.25) is 4.90 Å². The summed E-state index contributed by atoms with van der Waals surface area (Å²) in [4.78, 5) is 2.21. The topological polar surface area (TPSA) is 51.2 Å². The summed E-state index contributed by atoms with van der Waals surface area (Å²) in [5, 5.41) is 10.2. The van der Waals surface area contributed by atoms with Gasteiger partial charge in [-0.2, -0.15) is 0 Å². The molecule has 3 aliphatic rings. The van der Waals surface area contributed by atoms with E-state index in [0.717, 1.165) is 19.3 Å². The number of aliphatic hydroxyl groups is 1. The summed E-state index contributed by atoms with van der Waals surface area (Å²) >= 11 is 0. The van der Waals surface area contributed by atoms with E-state index in [0.29, 0.717) is 31.9 Å². The van der Waals surface area contributed by atoms with Gasteiger partial charge in [0.05, 0.1) is 19.3 Å². The Kier molecular flexibility index (Phi) is 4.10. The molecule has 1 aromatic rings. The van der Waals surface area contributed by atoms with Gasteiger partial charge in [0.2, 0.25) is 0 Å². The molecule has 0 radical (unpaired) electrons. The van der Waals surface area contributed by atoms with Gasteiger partial charge in [-0.15, -0.1) is 8.78 Å². The highest BCUT2D eigenvalue weighted by Gasteiger charge is 2.45. The van der Waals surface area contributed by atoms with Crippen molar-refractivity contribution in [1.29, 1.82) is 0 Å². The van der Waals surface area contributed by atoms with Crippen molar-refractivity contribution in [3.05, 3.63) is 23.8 Å². The van der Waals surface area contributed by atoms with Crippen LogP contribution in [0.15, 0.2) is 18.2 Å². The second-order valence-electron chi connectivity index (χ2n) is 6.69. The Morgan fingerprint density at radius 1 is 1.25 bits per heavy atom. The SMILES string of the molecule is OC1CCCC1C1COCCN1Cc1cccc2c1OC(F)(F)O2. The summed E-state index contributed by atoms with van der Waals surface area (Å²) < 4.78 is 41.5. The summed E-state index contributed by atoms with van der Waals surface area (Å²) in [5.41, 5.74) is 0.670. The number of rotatable bonds is 3. The number of halogens is 2. The number of benzene rings is 1. The maximum atomic E-state index is 13.4. The summed E-state index contributed by atoms with van der Waals surface area (Å²) in [6.07, 6.45) is -1.12. The van der Waals surface area contributed by atoms with E-state index < -0.39 is 6.29 Å². The Morgan fingerprint density at radius 3 is 2.92 bits per heavy atom. The van der Waals surface area contributed by atoms with Crippen molar-refractivity contribution in [3.63, 3.8) is 0 Å². The molecule has 1 aromatic carbocycles. The minimum Gasteiger partial charge on any atom is -0.395 e. The number of alkyl halides is 2. The van der Waals surface area contributed by atoms with Crippen LogP contribution in [0.3, 0.4) is 0 Å². The third-order valence-corrected chi connectivity index (χ3v) is 5.19. The van der Waals surface area contributed by atoms with Crippen molar-refractivity contribution in [3.8, 4) is 11.5 Å².